The van der Waals surface area contributed by atoms with Crippen molar-refractivity contribution >= 4 is 16.0 Å². The number of rotatable bonds is 6. The predicted octanol–water partition coefficient (Wildman–Crippen LogP) is 2.64. The first kappa shape index (κ1) is 19.7. The van der Waals surface area contributed by atoms with Crippen molar-refractivity contribution in [1.29, 1.82) is 0 Å². The number of carbonyl (C=O) groups is 1. The first-order valence-corrected chi connectivity index (χ1v) is 9.84. The molecule has 0 radical (unpaired) electrons. The molecule has 1 aliphatic heterocycles. The van der Waals surface area contributed by atoms with E-state index in [2.05, 4.69) is 0 Å². The molecule has 2 rings (SSSR count). The molecule has 0 amide bonds. The lowest BCUT2D eigenvalue weighted by molar-refractivity contribution is -0.144. The van der Waals surface area contributed by atoms with E-state index in [0.717, 1.165) is 4.31 Å². The van der Waals surface area contributed by atoms with Gasteiger partial charge in [0.2, 0.25) is 10.0 Å². The van der Waals surface area contributed by atoms with Crippen LogP contribution in [0.3, 0.4) is 0 Å². The average molecular weight is 373 g/mol. The Bertz CT molecular complexity index is 747. The average Bonchev–Trinajstić information content (AvgIpc) is 2.52. The lowest BCUT2D eigenvalue weighted by Crippen LogP contribution is -2.46. The SMILES string of the molecule is CCOC(=O)CN(C1CC(C)(C)Oc2ccc(F)cc21)S(=O)(=O)CC. The first-order chi connectivity index (χ1) is 11.6. The number of hydrogen-bond donors (Lipinski definition) is 0. The van der Waals surface area contributed by atoms with E-state index in [1.165, 1.54) is 25.1 Å². The molecule has 1 heterocycles. The topological polar surface area (TPSA) is 72.9 Å². The third-order valence-electron chi connectivity index (χ3n) is 4.06. The second kappa shape index (κ2) is 7.29. The maximum absolute atomic E-state index is 13.8. The van der Waals surface area contributed by atoms with Gasteiger partial charge in [-0.3, -0.25) is 4.79 Å². The molecule has 0 aromatic heterocycles. The molecule has 1 aromatic carbocycles. The number of esters is 1. The van der Waals surface area contributed by atoms with Crippen LogP contribution in [-0.2, 0) is 19.6 Å². The highest BCUT2D eigenvalue weighted by Gasteiger charge is 2.41. The number of carbonyl (C=O) groups excluding carboxylic acids is 1. The molecule has 0 aliphatic carbocycles. The van der Waals surface area contributed by atoms with E-state index in [1.807, 2.05) is 13.8 Å². The monoisotopic (exact) mass is 373 g/mol. The molecule has 0 bridgehead atoms. The number of halogens is 1. The summed E-state index contributed by atoms with van der Waals surface area (Å²) in [5.74, 6) is -0.879. The Balaban J connectivity index is 2.52. The van der Waals surface area contributed by atoms with Crippen molar-refractivity contribution in [3.8, 4) is 5.75 Å². The summed E-state index contributed by atoms with van der Waals surface area (Å²) < 4.78 is 50.9. The summed E-state index contributed by atoms with van der Waals surface area (Å²) in [6.07, 6.45) is 0.294. The van der Waals surface area contributed by atoms with Gasteiger partial charge in [-0.15, -0.1) is 0 Å². The summed E-state index contributed by atoms with van der Waals surface area (Å²) in [7, 11) is -3.72. The smallest absolute Gasteiger partial charge is 0.321 e. The van der Waals surface area contributed by atoms with Gasteiger partial charge < -0.3 is 9.47 Å². The molecule has 0 N–H and O–H groups in total. The Morgan fingerprint density at radius 3 is 2.68 bits per heavy atom. The summed E-state index contributed by atoms with van der Waals surface area (Å²) >= 11 is 0. The highest BCUT2D eigenvalue weighted by Crippen LogP contribution is 2.43. The molecule has 1 unspecified atom stereocenters. The van der Waals surface area contributed by atoms with Gasteiger partial charge >= 0.3 is 5.97 Å². The van der Waals surface area contributed by atoms with Gasteiger partial charge in [-0.1, -0.05) is 0 Å². The molecule has 0 saturated carbocycles. The maximum atomic E-state index is 13.8. The standard InChI is InChI=1S/C17H24FNO5S/c1-5-23-16(20)11-19(25(21,22)6-2)14-10-17(3,4)24-15-8-7-12(18)9-13(14)15/h7-9,14H,5-6,10-11H2,1-4H3. The number of ether oxygens (including phenoxy) is 2. The predicted molar refractivity (Wildman–Crippen MR) is 91.3 cm³/mol. The molecular formula is C17H24FNO5S. The minimum Gasteiger partial charge on any atom is -0.487 e. The summed E-state index contributed by atoms with van der Waals surface area (Å²) in [5.41, 5.74) is -0.244. The Morgan fingerprint density at radius 2 is 2.08 bits per heavy atom. The number of nitrogens with zero attached hydrogens (tertiary/aromatic N) is 1. The van der Waals surface area contributed by atoms with Crippen molar-refractivity contribution in [3.63, 3.8) is 0 Å². The van der Waals surface area contributed by atoms with Gasteiger partial charge in [0.15, 0.2) is 0 Å². The van der Waals surface area contributed by atoms with Crippen molar-refractivity contribution in [1.82, 2.24) is 4.31 Å². The quantitative estimate of drug-likeness (QED) is 0.717. The number of benzene rings is 1. The normalized spacial score (nSPS) is 19.2. The van der Waals surface area contributed by atoms with Crippen LogP contribution in [0, 0.1) is 5.82 Å². The molecule has 6 nitrogen and oxygen atoms in total. The molecule has 1 aliphatic rings. The molecule has 140 valence electrons. The van der Waals surface area contributed by atoms with Gasteiger partial charge in [0.05, 0.1) is 18.4 Å². The van der Waals surface area contributed by atoms with Crippen molar-refractivity contribution < 1.29 is 27.1 Å². The molecule has 1 atom stereocenters. The van der Waals surface area contributed by atoms with Crippen molar-refractivity contribution in [2.75, 3.05) is 18.9 Å². The lowest BCUT2D eigenvalue weighted by Gasteiger charge is -2.41. The van der Waals surface area contributed by atoms with Crippen LogP contribution in [0.5, 0.6) is 5.75 Å². The fraction of sp³-hybridized carbons (Fsp3) is 0.588. The summed E-state index contributed by atoms with van der Waals surface area (Å²) in [5, 5.41) is 0. The van der Waals surface area contributed by atoms with Crippen LogP contribution in [0.2, 0.25) is 0 Å². The minimum atomic E-state index is -3.72. The van der Waals surface area contributed by atoms with E-state index in [1.54, 1.807) is 6.92 Å². The second-order valence-electron chi connectivity index (χ2n) is 6.51. The van der Waals surface area contributed by atoms with Crippen molar-refractivity contribution in [3.05, 3.63) is 29.6 Å². The first-order valence-electron chi connectivity index (χ1n) is 8.23. The third-order valence-corrected chi connectivity index (χ3v) is 5.89. The third kappa shape index (κ3) is 4.49. The summed E-state index contributed by atoms with van der Waals surface area (Å²) in [6, 6.07) is 3.31. The van der Waals surface area contributed by atoms with Gasteiger partial charge in [-0.2, -0.15) is 4.31 Å². The van der Waals surface area contributed by atoms with Crippen LogP contribution in [0.15, 0.2) is 18.2 Å². The van der Waals surface area contributed by atoms with E-state index < -0.39 is 40.0 Å². The van der Waals surface area contributed by atoms with Gasteiger partial charge in [0.25, 0.3) is 0 Å². The molecule has 0 saturated heterocycles. The minimum absolute atomic E-state index is 0.156. The van der Waals surface area contributed by atoms with Crippen molar-refractivity contribution in [2.45, 2.75) is 45.8 Å². The summed E-state index contributed by atoms with van der Waals surface area (Å²) in [6.45, 7) is 6.55. The Morgan fingerprint density at radius 1 is 1.40 bits per heavy atom. The van der Waals surface area contributed by atoms with E-state index in [4.69, 9.17) is 9.47 Å². The van der Waals surface area contributed by atoms with Gasteiger partial charge in [0.1, 0.15) is 23.7 Å². The zero-order valence-electron chi connectivity index (χ0n) is 14.9. The van der Waals surface area contributed by atoms with E-state index in [-0.39, 0.29) is 12.4 Å². The molecule has 0 spiro atoms. The second-order valence-corrected chi connectivity index (χ2v) is 8.72. The fourth-order valence-electron chi connectivity index (χ4n) is 2.95. The van der Waals surface area contributed by atoms with E-state index in [9.17, 15) is 17.6 Å². The van der Waals surface area contributed by atoms with Crippen molar-refractivity contribution in [2.24, 2.45) is 0 Å². The fourth-order valence-corrected chi connectivity index (χ4v) is 4.16. The zero-order chi connectivity index (χ0) is 18.8. The van der Waals surface area contributed by atoms with Gasteiger partial charge in [0, 0.05) is 12.0 Å². The number of sulfonamides is 1. The van der Waals surface area contributed by atoms with E-state index in [0.29, 0.717) is 17.7 Å². The van der Waals surface area contributed by atoms with Crippen LogP contribution in [0.1, 0.15) is 45.7 Å². The number of fused-ring (bicyclic) bond motifs is 1. The number of hydrogen-bond acceptors (Lipinski definition) is 5. The van der Waals surface area contributed by atoms with Crippen LogP contribution in [0.25, 0.3) is 0 Å². The molecule has 25 heavy (non-hydrogen) atoms. The zero-order valence-corrected chi connectivity index (χ0v) is 15.7. The Hall–Kier alpha value is -1.67. The Kier molecular flexibility index (Phi) is 5.73. The van der Waals surface area contributed by atoms with Crippen LogP contribution in [0.4, 0.5) is 4.39 Å². The molecular weight excluding hydrogens is 349 g/mol. The summed E-state index contributed by atoms with van der Waals surface area (Å²) in [4.78, 5) is 12.0. The lowest BCUT2D eigenvalue weighted by atomic mass is 9.89. The van der Waals surface area contributed by atoms with Crippen LogP contribution < -0.4 is 4.74 Å². The van der Waals surface area contributed by atoms with E-state index >= 15 is 0 Å². The maximum Gasteiger partial charge on any atom is 0.321 e. The molecule has 8 heteroatoms. The highest BCUT2D eigenvalue weighted by atomic mass is 32.2. The van der Waals surface area contributed by atoms with Gasteiger partial charge in [-0.05, 0) is 45.9 Å². The highest BCUT2D eigenvalue weighted by molar-refractivity contribution is 7.89. The van der Waals surface area contributed by atoms with Crippen LogP contribution >= 0.6 is 0 Å². The molecule has 1 aromatic rings. The van der Waals surface area contributed by atoms with Gasteiger partial charge in [-0.25, -0.2) is 12.8 Å². The Labute approximate surface area is 148 Å². The largest absolute Gasteiger partial charge is 0.487 e. The van der Waals surface area contributed by atoms with Crippen LogP contribution in [-0.4, -0.2) is 43.2 Å². The molecule has 0 fully saturated rings.